The number of fused-ring (bicyclic) bond motifs is 1. The van der Waals surface area contributed by atoms with E-state index >= 15 is 0 Å². The van der Waals surface area contributed by atoms with Gasteiger partial charge in [0.2, 0.25) is 11.8 Å². The van der Waals surface area contributed by atoms with Crippen LogP contribution in [0.3, 0.4) is 0 Å². The van der Waals surface area contributed by atoms with Gasteiger partial charge in [0.05, 0.1) is 19.0 Å². The van der Waals surface area contributed by atoms with E-state index in [1.165, 1.54) is 25.7 Å². The van der Waals surface area contributed by atoms with Crippen molar-refractivity contribution in [2.75, 3.05) is 24.6 Å². The average molecular weight is 355 g/mol. The van der Waals surface area contributed by atoms with Crippen molar-refractivity contribution < 1.29 is 9.53 Å². The van der Waals surface area contributed by atoms with Crippen LogP contribution in [0, 0.1) is 5.92 Å². The van der Waals surface area contributed by atoms with Crippen molar-refractivity contribution >= 4 is 22.9 Å². The summed E-state index contributed by atoms with van der Waals surface area (Å²) in [5.74, 6) is 2.23. The Morgan fingerprint density at radius 1 is 1.08 bits per heavy atom. The van der Waals surface area contributed by atoms with Crippen LogP contribution < -0.4 is 9.64 Å². The molecule has 0 amide bonds. The third kappa shape index (κ3) is 2.93. The number of carbonyl (C=O) groups excluding carboxylic acids is 1. The van der Waals surface area contributed by atoms with E-state index in [0.29, 0.717) is 36.3 Å². The number of aromatic nitrogens is 4. The number of rotatable bonds is 5. The van der Waals surface area contributed by atoms with Crippen LogP contribution in [-0.2, 0) is 4.79 Å². The molecule has 26 heavy (non-hydrogen) atoms. The lowest BCUT2D eigenvalue weighted by Gasteiger charge is -2.22. The van der Waals surface area contributed by atoms with E-state index in [0.717, 1.165) is 38.0 Å². The maximum atomic E-state index is 12.5. The zero-order valence-electron chi connectivity index (χ0n) is 15.1. The smallest absolute Gasteiger partial charge is 0.247 e. The zero-order chi connectivity index (χ0) is 17.5. The van der Waals surface area contributed by atoms with Crippen molar-refractivity contribution in [3.63, 3.8) is 0 Å². The molecule has 3 fully saturated rings. The van der Waals surface area contributed by atoms with E-state index in [1.807, 2.05) is 4.57 Å². The van der Waals surface area contributed by atoms with Gasteiger partial charge in [-0.1, -0.05) is 6.42 Å². The van der Waals surface area contributed by atoms with Crippen molar-refractivity contribution in [3.8, 4) is 5.88 Å². The number of nitrogens with zero attached hydrogens (tertiary/aromatic N) is 5. The molecule has 2 aromatic heterocycles. The summed E-state index contributed by atoms with van der Waals surface area (Å²) >= 11 is 0. The number of carbonyl (C=O) groups is 1. The van der Waals surface area contributed by atoms with Gasteiger partial charge >= 0.3 is 0 Å². The number of anilines is 1. The number of imidazole rings is 1. The summed E-state index contributed by atoms with van der Waals surface area (Å²) in [4.78, 5) is 28.7. The number of hydrogen-bond donors (Lipinski definition) is 0. The Morgan fingerprint density at radius 3 is 2.69 bits per heavy atom. The molecule has 2 aliphatic carbocycles. The van der Waals surface area contributed by atoms with Crippen LogP contribution in [0.1, 0.15) is 57.4 Å². The second-order valence-corrected chi connectivity index (χ2v) is 7.83. The largest absolute Gasteiger partial charge is 0.476 e. The molecule has 1 saturated heterocycles. The molecule has 3 heterocycles. The maximum absolute atomic E-state index is 12.5. The third-order valence-electron chi connectivity index (χ3n) is 5.78. The second-order valence-electron chi connectivity index (χ2n) is 7.83. The molecule has 1 atom stereocenters. The normalized spacial score (nSPS) is 23.8. The molecule has 2 saturated carbocycles. The average Bonchev–Trinajstić information content (AvgIpc) is 3.15. The van der Waals surface area contributed by atoms with Crippen LogP contribution in [0.15, 0.2) is 6.33 Å². The minimum Gasteiger partial charge on any atom is -0.476 e. The van der Waals surface area contributed by atoms with Crippen LogP contribution in [0.2, 0.25) is 0 Å². The molecular formula is C19H25N5O2. The molecule has 0 bridgehead atoms. The minimum absolute atomic E-state index is 0.147. The lowest BCUT2D eigenvalue weighted by molar-refractivity contribution is -0.123. The molecule has 1 aliphatic heterocycles. The van der Waals surface area contributed by atoms with Crippen LogP contribution in [0.25, 0.3) is 11.2 Å². The van der Waals surface area contributed by atoms with Crippen LogP contribution >= 0.6 is 0 Å². The van der Waals surface area contributed by atoms with Gasteiger partial charge in [0.1, 0.15) is 0 Å². The number of Topliss-reactive ketones (excluding diaryl/α,β-unsaturated/α-hetero) is 1. The Kier molecular flexibility index (Phi) is 4.02. The molecular weight excluding hydrogens is 330 g/mol. The topological polar surface area (TPSA) is 73.1 Å². The lowest BCUT2D eigenvalue weighted by Crippen LogP contribution is -2.24. The predicted octanol–water partition coefficient (Wildman–Crippen LogP) is 2.90. The fourth-order valence-corrected chi connectivity index (χ4v) is 4.01. The van der Waals surface area contributed by atoms with Gasteiger partial charge < -0.3 is 14.2 Å². The highest BCUT2D eigenvalue weighted by atomic mass is 16.5. The highest BCUT2D eigenvalue weighted by Gasteiger charge is 2.29. The van der Waals surface area contributed by atoms with Gasteiger partial charge in [0.15, 0.2) is 16.9 Å². The summed E-state index contributed by atoms with van der Waals surface area (Å²) in [6, 6.07) is -0.147. The summed E-state index contributed by atoms with van der Waals surface area (Å²) in [6.07, 6.45) is 10.1. The van der Waals surface area contributed by atoms with Gasteiger partial charge in [0.25, 0.3) is 0 Å². The summed E-state index contributed by atoms with van der Waals surface area (Å²) in [5.41, 5.74) is 1.43. The zero-order valence-corrected chi connectivity index (χ0v) is 15.1. The van der Waals surface area contributed by atoms with Gasteiger partial charge in [-0.25, -0.2) is 4.98 Å². The molecule has 0 radical (unpaired) electrons. The second kappa shape index (κ2) is 6.52. The van der Waals surface area contributed by atoms with Crippen molar-refractivity contribution in [1.82, 2.24) is 19.5 Å². The molecule has 0 spiro atoms. The summed E-state index contributed by atoms with van der Waals surface area (Å²) < 4.78 is 7.99. The first-order valence-electron chi connectivity index (χ1n) is 9.94. The Morgan fingerprint density at radius 2 is 1.92 bits per heavy atom. The Labute approximate surface area is 152 Å². The fourth-order valence-electron chi connectivity index (χ4n) is 4.01. The summed E-state index contributed by atoms with van der Waals surface area (Å²) in [7, 11) is 0. The molecule has 1 unspecified atom stereocenters. The minimum atomic E-state index is -0.147. The quantitative estimate of drug-likeness (QED) is 0.821. The van der Waals surface area contributed by atoms with Crippen molar-refractivity contribution in [1.29, 1.82) is 0 Å². The van der Waals surface area contributed by atoms with Crippen molar-refractivity contribution in [2.45, 2.75) is 57.4 Å². The summed E-state index contributed by atoms with van der Waals surface area (Å²) in [6.45, 7) is 2.65. The molecule has 5 rings (SSSR count). The highest BCUT2D eigenvalue weighted by Crippen LogP contribution is 2.34. The van der Waals surface area contributed by atoms with Crippen molar-refractivity contribution in [3.05, 3.63) is 6.33 Å². The van der Waals surface area contributed by atoms with Crippen LogP contribution in [-0.4, -0.2) is 45.0 Å². The molecule has 0 aromatic carbocycles. The number of ether oxygens (including phenoxy) is 1. The SMILES string of the molecule is O=C1CCCCC1n1cnc2c(OCC3CC3)nc(N3CCCC3)nc21. The van der Waals surface area contributed by atoms with Gasteiger partial charge in [0, 0.05) is 19.5 Å². The van der Waals surface area contributed by atoms with Crippen LogP contribution in [0.5, 0.6) is 5.88 Å². The van der Waals surface area contributed by atoms with Gasteiger partial charge in [-0.05, 0) is 44.4 Å². The van der Waals surface area contributed by atoms with E-state index in [9.17, 15) is 4.79 Å². The van der Waals surface area contributed by atoms with E-state index in [1.54, 1.807) is 6.33 Å². The van der Waals surface area contributed by atoms with Gasteiger partial charge in [-0.3, -0.25) is 4.79 Å². The Balaban J connectivity index is 1.56. The molecule has 138 valence electrons. The van der Waals surface area contributed by atoms with E-state index in [4.69, 9.17) is 14.7 Å². The van der Waals surface area contributed by atoms with E-state index in [-0.39, 0.29) is 11.8 Å². The predicted molar refractivity (Wildman–Crippen MR) is 97.5 cm³/mol. The monoisotopic (exact) mass is 355 g/mol. The summed E-state index contributed by atoms with van der Waals surface area (Å²) in [5, 5.41) is 0. The fraction of sp³-hybridized carbons (Fsp3) is 0.684. The lowest BCUT2D eigenvalue weighted by atomic mass is 9.94. The highest BCUT2D eigenvalue weighted by molar-refractivity contribution is 5.86. The van der Waals surface area contributed by atoms with Gasteiger partial charge in [-0.15, -0.1) is 0 Å². The number of hydrogen-bond acceptors (Lipinski definition) is 6. The van der Waals surface area contributed by atoms with Gasteiger partial charge in [-0.2, -0.15) is 9.97 Å². The Bertz CT molecular complexity index is 823. The third-order valence-corrected chi connectivity index (χ3v) is 5.78. The molecule has 2 aromatic rings. The van der Waals surface area contributed by atoms with E-state index < -0.39 is 0 Å². The van der Waals surface area contributed by atoms with Crippen molar-refractivity contribution in [2.24, 2.45) is 5.92 Å². The van der Waals surface area contributed by atoms with E-state index in [2.05, 4.69) is 9.88 Å². The first kappa shape index (κ1) is 16.0. The standard InChI is InChI=1S/C19H25N5O2/c25-15-6-2-1-5-14(15)24-12-20-16-17(24)21-19(23-9-3-4-10-23)22-18(16)26-11-13-7-8-13/h12-14H,1-11H2. The first-order valence-corrected chi connectivity index (χ1v) is 9.94. The van der Waals surface area contributed by atoms with Crippen LogP contribution in [0.4, 0.5) is 5.95 Å². The molecule has 7 nitrogen and oxygen atoms in total. The molecule has 3 aliphatic rings. The first-order chi connectivity index (χ1) is 12.8. The number of ketones is 1. The molecule has 7 heteroatoms. The maximum Gasteiger partial charge on any atom is 0.247 e. The Hall–Kier alpha value is -2.18. The molecule has 0 N–H and O–H groups in total.